The monoisotopic (exact) mass is 534 g/mol. The van der Waals surface area contributed by atoms with Gasteiger partial charge in [-0.1, -0.05) is 88.2 Å². The molecule has 0 saturated heterocycles. The average Bonchev–Trinajstić information content (AvgIpc) is 3.21. The molecule has 37 heavy (non-hydrogen) atoms. The molecular weight excluding hydrogens is 495 g/mol. The van der Waals surface area contributed by atoms with E-state index >= 15 is 0 Å². The Kier molecular flexibility index (Phi) is 12.0. The van der Waals surface area contributed by atoms with Crippen molar-refractivity contribution in [3.63, 3.8) is 0 Å². The summed E-state index contributed by atoms with van der Waals surface area (Å²) in [6.07, 6.45) is 9.02. The van der Waals surface area contributed by atoms with Crippen molar-refractivity contribution in [2.24, 2.45) is 0 Å². The average molecular weight is 536 g/mol. The molecule has 0 aliphatic carbocycles. The first kappa shape index (κ1) is 30.3. The number of hydrogen-bond acceptors (Lipinski definition) is 1. The largest absolute Gasteiger partial charge is 0.358 e. The quantitative estimate of drug-likeness (QED) is 0.243. The van der Waals surface area contributed by atoms with E-state index in [1.807, 2.05) is 71.9 Å². The van der Waals surface area contributed by atoms with Crippen LogP contribution in [0.15, 0.2) is 83.6 Å². The second-order valence-electron chi connectivity index (χ2n) is 8.03. The highest BCUT2D eigenvalue weighted by atomic mass is 35.5. The molecule has 0 fully saturated rings. The van der Waals surface area contributed by atoms with Crippen LogP contribution >= 0.6 is 23.2 Å². The summed E-state index contributed by atoms with van der Waals surface area (Å²) in [6.45, 7) is 16.2. The molecule has 0 spiro atoms. The smallest absolute Gasteiger partial charge is 0.0648 e. The van der Waals surface area contributed by atoms with Gasteiger partial charge in [-0.05, 0) is 92.1 Å². The maximum Gasteiger partial charge on any atom is 0.0648 e. The third kappa shape index (κ3) is 6.69. The fraction of sp³-hybridized carbons (Fsp3) is 0.273. The van der Waals surface area contributed by atoms with Crippen LogP contribution in [-0.2, 0) is 6.42 Å². The van der Waals surface area contributed by atoms with Gasteiger partial charge in [0.2, 0.25) is 0 Å². The Morgan fingerprint density at radius 2 is 1.62 bits per heavy atom. The van der Waals surface area contributed by atoms with Crippen molar-refractivity contribution < 1.29 is 0 Å². The van der Waals surface area contributed by atoms with E-state index in [-0.39, 0.29) is 0 Å². The van der Waals surface area contributed by atoms with E-state index in [9.17, 15) is 0 Å². The molecule has 0 radical (unpaired) electrons. The van der Waals surface area contributed by atoms with Gasteiger partial charge in [0.25, 0.3) is 0 Å². The molecule has 4 heteroatoms. The SMILES string of the molecule is C/C=C\C(Cl)=C(/C)Nc1ccc2cc3c(CC)c(/C=C\C)n(-c4ccccc4Cl)c3cc2c1.CC.CC. The third-order valence-electron chi connectivity index (χ3n) is 5.85. The molecule has 0 atom stereocenters. The molecular formula is C33H40Cl2N2. The van der Waals surface area contributed by atoms with Gasteiger partial charge in [-0.15, -0.1) is 0 Å². The number of aryl methyl sites for hydroxylation is 1. The Bertz CT molecular complexity index is 1420. The van der Waals surface area contributed by atoms with E-state index < -0.39 is 0 Å². The van der Waals surface area contributed by atoms with E-state index in [2.05, 4.69) is 72.3 Å². The molecule has 4 aromatic rings. The van der Waals surface area contributed by atoms with Crippen LogP contribution in [0.2, 0.25) is 5.02 Å². The highest BCUT2D eigenvalue weighted by Crippen LogP contribution is 2.36. The van der Waals surface area contributed by atoms with Crippen molar-refractivity contribution in [1.82, 2.24) is 4.57 Å². The second-order valence-corrected chi connectivity index (χ2v) is 8.85. The van der Waals surface area contributed by atoms with Gasteiger partial charge in [-0.3, -0.25) is 0 Å². The zero-order valence-corrected chi connectivity index (χ0v) is 24.9. The Labute approximate surface area is 233 Å². The van der Waals surface area contributed by atoms with Crippen molar-refractivity contribution in [2.45, 2.75) is 61.8 Å². The van der Waals surface area contributed by atoms with Gasteiger partial charge in [-0.25, -0.2) is 0 Å². The molecule has 3 aromatic carbocycles. The van der Waals surface area contributed by atoms with Crippen molar-refractivity contribution in [2.75, 3.05) is 5.32 Å². The number of para-hydroxylation sites is 1. The van der Waals surface area contributed by atoms with Crippen LogP contribution in [0.25, 0.3) is 33.4 Å². The highest BCUT2D eigenvalue weighted by Gasteiger charge is 2.18. The summed E-state index contributed by atoms with van der Waals surface area (Å²) in [5.41, 5.74) is 6.55. The maximum absolute atomic E-state index is 6.66. The number of anilines is 1. The topological polar surface area (TPSA) is 17.0 Å². The predicted molar refractivity (Wildman–Crippen MR) is 170 cm³/mol. The van der Waals surface area contributed by atoms with E-state index in [1.54, 1.807) is 0 Å². The minimum Gasteiger partial charge on any atom is -0.358 e. The fourth-order valence-corrected chi connectivity index (χ4v) is 4.73. The molecule has 0 unspecified atom stereocenters. The molecule has 0 saturated carbocycles. The summed E-state index contributed by atoms with van der Waals surface area (Å²) >= 11 is 13.0. The predicted octanol–water partition coefficient (Wildman–Crippen LogP) is 11.5. The summed E-state index contributed by atoms with van der Waals surface area (Å²) < 4.78 is 2.28. The number of allylic oxidation sites excluding steroid dienone is 5. The highest BCUT2D eigenvalue weighted by molar-refractivity contribution is 6.32. The first-order valence-corrected chi connectivity index (χ1v) is 14.0. The Morgan fingerprint density at radius 3 is 2.24 bits per heavy atom. The molecule has 1 N–H and O–H groups in total. The first-order valence-electron chi connectivity index (χ1n) is 13.2. The number of fused-ring (bicyclic) bond motifs is 2. The number of aromatic nitrogens is 1. The molecule has 1 heterocycles. The standard InChI is InChI=1S/C29H28Cl2N2.2C2H6/c1-5-10-25(30)19(4)32-22-15-14-20-17-24-23(7-3)27(11-6-2)33(29(24)18-21(20)16-22)28-13-9-8-12-26(28)31;2*1-2/h5-6,8-18,32H,7H2,1-4H3;2*1-2H3/b10-5-,11-6-,25-19-;;. The minimum atomic E-state index is 0.698. The van der Waals surface area contributed by atoms with Crippen molar-refractivity contribution in [3.05, 3.63) is 99.8 Å². The van der Waals surface area contributed by atoms with E-state index in [1.165, 1.54) is 22.0 Å². The van der Waals surface area contributed by atoms with Crippen LogP contribution in [0.1, 0.15) is 66.6 Å². The summed E-state index contributed by atoms with van der Waals surface area (Å²) in [6, 6.07) is 19.0. The molecule has 196 valence electrons. The van der Waals surface area contributed by atoms with Crippen LogP contribution in [0, 0.1) is 0 Å². The lowest BCUT2D eigenvalue weighted by molar-refractivity contribution is 1.06. The van der Waals surface area contributed by atoms with Crippen LogP contribution < -0.4 is 5.32 Å². The number of hydrogen-bond donors (Lipinski definition) is 1. The van der Waals surface area contributed by atoms with E-state index in [4.69, 9.17) is 23.2 Å². The third-order valence-corrected chi connectivity index (χ3v) is 6.57. The van der Waals surface area contributed by atoms with Crippen molar-refractivity contribution in [3.8, 4) is 5.69 Å². The molecule has 1 aromatic heterocycles. The van der Waals surface area contributed by atoms with E-state index in [0.717, 1.165) is 39.4 Å². The summed E-state index contributed by atoms with van der Waals surface area (Å²) in [5.74, 6) is 0. The molecule has 4 rings (SSSR count). The zero-order chi connectivity index (χ0) is 27.5. The fourth-order valence-electron chi connectivity index (χ4n) is 4.34. The van der Waals surface area contributed by atoms with Gasteiger partial charge >= 0.3 is 0 Å². The van der Waals surface area contributed by atoms with Gasteiger partial charge in [0.05, 0.1) is 21.3 Å². The lowest BCUT2D eigenvalue weighted by Crippen LogP contribution is -1.99. The van der Waals surface area contributed by atoms with Crippen LogP contribution in [0.4, 0.5) is 5.69 Å². The van der Waals surface area contributed by atoms with Crippen molar-refractivity contribution in [1.29, 1.82) is 0 Å². The normalized spacial score (nSPS) is 11.8. The molecule has 0 aliphatic heterocycles. The van der Waals surface area contributed by atoms with Crippen LogP contribution in [0.3, 0.4) is 0 Å². The molecule has 0 aliphatic rings. The van der Waals surface area contributed by atoms with Gasteiger partial charge in [0.1, 0.15) is 0 Å². The van der Waals surface area contributed by atoms with Crippen LogP contribution in [-0.4, -0.2) is 4.57 Å². The molecule has 2 nitrogen and oxygen atoms in total. The Balaban J connectivity index is 0.00000115. The zero-order valence-electron chi connectivity index (χ0n) is 23.4. The number of halogens is 2. The maximum atomic E-state index is 6.66. The second kappa shape index (κ2) is 14.7. The van der Waals surface area contributed by atoms with Gasteiger partial charge < -0.3 is 9.88 Å². The molecule has 0 bridgehead atoms. The van der Waals surface area contributed by atoms with Gasteiger partial charge in [-0.2, -0.15) is 0 Å². The number of benzene rings is 3. The summed E-state index contributed by atoms with van der Waals surface area (Å²) in [4.78, 5) is 0. The number of nitrogens with zero attached hydrogens (tertiary/aromatic N) is 1. The summed E-state index contributed by atoms with van der Waals surface area (Å²) in [5, 5.41) is 8.47. The lowest BCUT2D eigenvalue weighted by atomic mass is 10.0. The van der Waals surface area contributed by atoms with Crippen LogP contribution in [0.5, 0.6) is 0 Å². The summed E-state index contributed by atoms with van der Waals surface area (Å²) in [7, 11) is 0. The van der Waals surface area contributed by atoms with E-state index in [0.29, 0.717) is 5.03 Å². The molecule has 0 amide bonds. The number of rotatable bonds is 6. The number of nitrogens with one attached hydrogen (secondary N) is 1. The Hall–Kier alpha value is -2.94. The minimum absolute atomic E-state index is 0.698. The Morgan fingerprint density at radius 1 is 0.919 bits per heavy atom. The van der Waals surface area contributed by atoms with Gasteiger partial charge in [0, 0.05) is 22.5 Å². The van der Waals surface area contributed by atoms with Gasteiger partial charge in [0.15, 0.2) is 0 Å². The van der Waals surface area contributed by atoms with Crippen molar-refractivity contribution >= 4 is 56.6 Å². The first-order chi connectivity index (χ1) is 18.0. The lowest BCUT2D eigenvalue weighted by Gasteiger charge is -2.12.